The van der Waals surface area contributed by atoms with E-state index in [0.29, 0.717) is 18.6 Å². The van der Waals surface area contributed by atoms with Crippen molar-refractivity contribution < 1.29 is 14.3 Å². The number of rotatable bonds is 1. The number of carbonyl (C=O) groups is 1. The molecule has 1 unspecified atom stereocenters. The molecule has 2 rings (SSSR count). The van der Waals surface area contributed by atoms with Gasteiger partial charge in [-0.25, -0.2) is 4.79 Å². The van der Waals surface area contributed by atoms with E-state index in [1.165, 1.54) is 0 Å². The summed E-state index contributed by atoms with van der Waals surface area (Å²) in [5, 5.41) is 0. The van der Waals surface area contributed by atoms with E-state index in [0.717, 1.165) is 11.3 Å². The molecular formula is C14H19NO3. The lowest BCUT2D eigenvalue weighted by Gasteiger charge is -2.25. The summed E-state index contributed by atoms with van der Waals surface area (Å²) in [6, 6.07) is 5.35. The van der Waals surface area contributed by atoms with Crippen LogP contribution in [0, 0.1) is 0 Å². The molecule has 0 bridgehead atoms. The summed E-state index contributed by atoms with van der Waals surface area (Å²) in [6.07, 6.45) is 0.644. The van der Waals surface area contributed by atoms with E-state index in [1.807, 2.05) is 26.8 Å². The number of benzene rings is 1. The largest absolute Gasteiger partial charge is 0.492 e. The molecule has 4 nitrogen and oxygen atoms in total. The third-order valence-corrected chi connectivity index (χ3v) is 2.67. The first-order chi connectivity index (χ1) is 8.37. The van der Waals surface area contributed by atoms with Crippen LogP contribution in [0.3, 0.4) is 0 Å². The smallest absolute Gasteiger partial charge is 0.339 e. The Hall–Kier alpha value is -1.55. The molecule has 1 atom stereocenters. The summed E-state index contributed by atoms with van der Waals surface area (Å²) in [5.41, 5.74) is 6.77. The van der Waals surface area contributed by atoms with Crippen molar-refractivity contribution in [2.75, 3.05) is 6.61 Å². The lowest BCUT2D eigenvalue weighted by Crippen LogP contribution is -2.35. The molecular weight excluding hydrogens is 230 g/mol. The highest BCUT2D eigenvalue weighted by Crippen LogP contribution is 2.28. The van der Waals surface area contributed by atoms with Crippen LogP contribution in [0.25, 0.3) is 0 Å². The third-order valence-electron chi connectivity index (χ3n) is 2.67. The van der Waals surface area contributed by atoms with E-state index in [2.05, 4.69) is 0 Å². The average molecular weight is 249 g/mol. The highest BCUT2D eigenvalue weighted by atomic mass is 16.6. The molecule has 0 saturated heterocycles. The summed E-state index contributed by atoms with van der Waals surface area (Å²) in [4.78, 5) is 12.1. The Balaban J connectivity index is 2.31. The van der Waals surface area contributed by atoms with Crippen molar-refractivity contribution in [1.82, 2.24) is 0 Å². The van der Waals surface area contributed by atoms with Gasteiger partial charge >= 0.3 is 5.97 Å². The van der Waals surface area contributed by atoms with Crippen molar-refractivity contribution in [3.8, 4) is 5.75 Å². The fourth-order valence-electron chi connectivity index (χ4n) is 1.95. The molecule has 1 aromatic carbocycles. The van der Waals surface area contributed by atoms with Gasteiger partial charge in [-0.05, 0) is 39.3 Å². The maximum absolute atomic E-state index is 12.1. The fourth-order valence-corrected chi connectivity index (χ4v) is 1.95. The van der Waals surface area contributed by atoms with Crippen molar-refractivity contribution in [2.24, 2.45) is 5.73 Å². The van der Waals surface area contributed by atoms with E-state index in [-0.39, 0.29) is 12.0 Å². The van der Waals surface area contributed by atoms with Crippen LogP contribution < -0.4 is 10.5 Å². The van der Waals surface area contributed by atoms with Gasteiger partial charge in [0.25, 0.3) is 0 Å². The number of fused-ring (bicyclic) bond motifs is 1. The quantitative estimate of drug-likeness (QED) is 0.772. The van der Waals surface area contributed by atoms with E-state index in [4.69, 9.17) is 15.2 Å². The minimum Gasteiger partial charge on any atom is -0.492 e. The van der Waals surface area contributed by atoms with Gasteiger partial charge in [-0.2, -0.15) is 0 Å². The molecule has 1 heterocycles. The summed E-state index contributed by atoms with van der Waals surface area (Å²) in [5.74, 6) is 0.414. The number of carbonyl (C=O) groups excluding carboxylic acids is 1. The maximum Gasteiger partial charge on any atom is 0.339 e. The number of ether oxygens (including phenoxy) is 2. The number of hydrogen-bond acceptors (Lipinski definition) is 4. The summed E-state index contributed by atoms with van der Waals surface area (Å²) >= 11 is 0. The number of nitrogens with two attached hydrogens (primary N) is 1. The Morgan fingerprint density at radius 1 is 1.44 bits per heavy atom. The molecule has 1 aromatic rings. The molecule has 0 spiro atoms. The zero-order chi connectivity index (χ0) is 13.3. The van der Waals surface area contributed by atoms with Crippen LogP contribution in [0.2, 0.25) is 0 Å². The normalized spacial score (nSPS) is 18.8. The Labute approximate surface area is 107 Å². The van der Waals surface area contributed by atoms with Gasteiger partial charge in [-0.3, -0.25) is 0 Å². The molecule has 98 valence electrons. The molecule has 2 N–H and O–H groups in total. The van der Waals surface area contributed by atoms with Crippen molar-refractivity contribution in [1.29, 1.82) is 0 Å². The van der Waals surface area contributed by atoms with Crippen LogP contribution in [0.15, 0.2) is 18.2 Å². The molecule has 1 aliphatic heterocycles. The minimum atomic E-state index is -0.503. The van der Waals surface area contributed by atoms with E-state index in [1.54, 1.807) is 12.1 Å². The summed E-state index contributed by atoms with van der Waals surface area (Å²) in [7, 11) is 0. The van der Waals surface area contributed by atoms with Crippen LogP contribution in [-0.4, -0.2) is 24.2 Å². The van der Waals surface area contributed by atoms with Gasteiger partial charge < -0.3 is 15.2 Å². The number of hydrogen-bond donors (Lipinski definition) is 1. The van der Waals surface area contributed by atoms with Crippen LogP contribution in [-0.2, 0) is 11.2 Å². The fraction of sp³-hybridized carbons (Fsp3) is 0.500. The van der Waals surface area contributed by atoms with Crippen LogP contribution in [0.1, 0.15) is 36.7 Å². The predicted octanol–water partition coefficient (Wildman–Crippen LogP) is 1.90. The van der Waals surface area contributed by atoms with Crippen LogP contribution >= 0.6 is 0 Å². The summed E-state index contributed by atoms with van der Waals surface area (Å²) < 4.78 is 10.9. The third kappa shape index (κ3) is 2.82. The lowest BCUT2D eigenvalue weighted by molar-refractivity contribution is 0.00671. The SMILES string of the molecule is CC(C)(C)OC(=O)c1cccc2c1CC(N)CO2. The molecule has 1 aliphatic rings. The number of esters is 1. The second-order valence-corrected chi connectivity index (χ2v) is 5.56. The van der Waals surface area contributed by atoms with Gasteiger partial charge in [0, 0.05) is 11.6 Å². The van der Waals surface area contributed by atoms with E-state index < -0.39 is 5.60 Å². The lowest BCUT2D eigenvalue weighted by atomic mass is 9.97. The Bertz CT molecular complexity index is 463. The van der Waals surface area contributed by atoms with Gasteiger partial charge in [0.1, 0.15) is 18.0 Å². The standard InChI is InChI=1S/C14H19NO3/c1-14(2,3)18-13(16)10-5-4-6-12-11(10)7-9(15)8-17-12/h4-6,9H,7-8,15H2,1-3H3. The topological polar surface area (TPSA) is 61.5 Å². The van der Waals surface area contributed by atoms with Gasteiger partial charge in [0.05, 0.1) is 5.56 Å². The second kappa shape index (κ2) is 4.61. The highest BCUT2D eigenvalue weighted by Gasteiger charge is 2.25. The molecule has 0 amide bonds. The summed E-state index contributed by atoms with van der Waals surface area (Å²) in [6.45, 7) is 6.04. The van der Waals surface area contributed by atoms with Gasteiger partial charge in [-0.1, -0.05) is 6.07 Å². The van der Waals surface area contributed by atoms with Gasteiger partial charge in [0.2, 0.25) is 0 Å². The molecule has 0 radical (unpaired) electrons. The van der Waals surface area contributed by atoms with Crippen molar-refractivity contribution in [3.05, 3.63) is 29.3 Å². The molecule has 4 heteroatoms. The maximum atomic E-state index is 12.1. The Morgan fingerprint density at radius 2 is 2.17 bits per heavy atom. The predicted molar refractivity (Wildman–Crippen MR) is 68.8 cm³/mol. The molecule has 18 heavy (non-hydrogen) atoms. The Morgan fingerprint density at radius 3 is 2.83 bits per heavy atom. The van der Waals surface area contributed by atoms with Crippen molar-refractivity contribution in [2.45, 2.75) is 38.8 Å². The zero-order valence-corrected chi connectivity index (χ0v) is 11.0. The minimum absolute atomic E-state index is 0.0684. The highest BCUT2D eigenvalue weighted by molar-refractivity contribution is 5.92. The zero-order valence-electron chi connectivity index (χ0n) is 11.0. The first-order valence-corrected chi connectivity index (χ1v) is 6.10. The molecule has 0 fully saturated rings. The van der Waals surface area contributed by atoms with Crippen LogP contribution in [0.4, 0.5) is 0 Å². The monoisotopic (exact) mass is 249 g/mol. The van der Waals surface area contributed by atoms with Gasteiger partial charge in [0.15, 0.2) is 0 Å². The second-order valence-electron chi connectivity index (χ2n) is 5.56. The first kappa shape index (κ1) is 12.9. The van der Waals surface area contributed by atoms with Crippen LogP contribution in [0.5, 0.6) is 5.75 Å². The van der Waals surface area contributed by atoms with E-state index in [9.17, 15) is 4.79 Å². The van der Waals surface area contributed by atoms with E-state index >= 15 is 0 Å². The van der Waals surface area contributed by atoms with Crippen molar-refractivity contribution >= 4 is 5.97 Å². The average Bonchev–Trinajstić information content (AvgIpc) is 2.25. The first-order valence-electron chi connectivity index (χ1n) is 6.10. The molecule has 0 saturated carbocycles. The van der Waals surface area contributed by atoms with Gasteiger partial charge in [-0.15, -0.1) is 0 Å². The molecule has 0 aromatic heterocycles. The van der Waals surface area contributed by atoms with Crippen molar-refractivity contribution in [3.63, 3.8) is 0 Å². The molecule has 0 aliphatic carbocycles. The Kier molecular flexibility index (Phi) is 3.30.